The van der Waals surface area contributed by atoms with E-state index in [4.69, 9.17) is 37.5 Å². The summed E-state index contributed by atoms with van der Waals surface area (Å²) in [5.74, 6) is 1.51. The molecule has 0 heterocycles. The molecule has 0 aliphatic heterocycles. The molecule has 0 fully saturated rings. The third-order valence-electron chi connectivity index (χ3n) is 4.33. The second-order valence-corrected chi connectivity index (χ2v) is 7.78. The topological polar surface area (TPSA) is 40.0 Å². The van der Waals surface area contributed by atoms with Gasteiger partial charge in [0, 0.05) is 6.42 Å². The predicted molar refractivity (Wildman–Crippen MR) is 121 cm³/mol. The molecule has 0 bridgehead atoms. The Morgan fingerprint density at radius 1 is 1.06 bits per heavy atom. The van der Waals surface area contributed by atoms with Gasteiger partial charge in [-0.15, -0.1) is 0 Å². The van der Waals surface area contributed by atoms with Crippen molar-refractivity contribution in [2.75, 3.05) is 19.8 Å². The fraction of sp³-hybridized carbons (Fsp3) is 0.348. The van der Waals surface area contributed by atoms with Gasteiger partial charge >= 0.3 is 6.18 Å². The van der Waals surface area contributed by atoms with Crippen LogP contribution < -0.4 is 9.47 Å². The first-order chi connectivity index (χ1) is 15.2. The maximum atomic E-state index is 12.5. The average molecular weight is 490 g/mol. The molecule has 174 valence electrons. The molecule has 0 aliphatic carbocycles. The molecule has 4 nitrogen and oxygen atoms in total. The van der Waals surface area contributed by atoms with Crippen LogP contribution >= 0.6 is 23.2 Å². The lowest BCUT2D eigenvalue weighted by molar-refractivity contribution is -0.137. The standard InChI is InChI=1S/C23H24Cl2F3NO3/c1-3-18-14-20(30-12-9-21(24)25)13-16(2)22(18)31-10-4-11-32-29-15-17-5-7-19(8-6-17)23(26,27)28/h5-9,13-15H,3-4,10-12H2,1-2H3. The third-order valence-corrected chi connectivity index (χ3v) is 4.64. The van der Waals surface area contributed by atoms with E-state index >= 15 is 0 Å². The number of alkyl halides is 3. The highest BCUT2D eigenvalue weighted by atomic mass is 35.5. The molecule has 0 saturated heterocycles. The van der Waals surface area contributed by atoms with Gasteiger partial charge in [-0.05, 0) is 60.4 Å². The van der Waals surface area contributed by atoms with E-state index in [-0.39, 0.29) is 11.1 Å². The van der Waals surface area contributed by atoms with Crippen molar-refractivity contribution in [2.24, 2.45) is 5.16 Å². The van der Waals surface area contributed by atoms with Crippen LogP contribution in [0.3, 0.4) is 0 Å². The minimum Gasteiger partial charge on any atom is -0.493 e. The number of halogens is 5. The number of aryl methyl sites for hydroxylation is 2. The molecular formula is C23H24Cl2F3NO3. The number of rotatable bonds is 11. The lowest BCUT2D eigenvalue weighted by atomic mass is 10.1. The molecule has 0 radical (unpaired) electrons. The molecule has 2 rings (SSSR count). The predicted octanol–water partition coefficient (Wildman–Crippen LogP) is 7.09. The Bertz CT molecular complexity index is 925. The molecule has 0 spiro atoms. The maximum Gasteiger partial charge on any atom is 0.416 e. The monoisotopic (exact) mass is 489 g/mol. The van der Waals surface area contributed by atoms with Gasteiger partial charge in [-0.3, -0.25) is 0 Å². The maximum absolute atomic E-state index is 12.5. The Morgan fingerprint density at radius 3 is 2.41 bits per heavy atom. The minimum absolute atomic E-state index is 0.156. The molecule has 2 aromatic rings. The minimum atomic E-state index is -4.36. The normalized spacial score (nSPS) is 11.5. The van der Waals surface area contributed by atoms with Crippen LogP contribution in [-0.2, 0) is 17.4 Å². The second-order valence-electron chi connectivity index (χ2n) is 6.78. The van der Waals surface area contributed by atoms with Crippen LogP contribution in [0.1, 0.15) is 35.6 Å². The summed E-state index contributed by atoms with van der Waals surface area (Å²) in [6, 6.07) is 8.48. The molecule has 0 atom stereocenters. The highest BCUT2D eigenvalue weighted by Crippen LogP contribution is 2.30. The summed E-state index contributed by atoms with van der Waals surface area (Å²) in [6.45, 7) is 4.98. The molecule has 32 heavy (non-hydrogen) atoms. The van der Waals surface area contributed by atoms with Crippen molar-refractivity contribution in [1.29, 1.82) is 0 Å². The summed E-state index contributed by atoms with van der Waals surface area (Å²) < 4.78 is 49.4. The Kier molecular flexibility index (Phi) is 10.2. The summed E-state index contributed by atoms with van der Waals surface area (Å²) in [5.41, 5.74) is 1.78. The van der Waals surface area contributed by atoms with Crippen LogP contribution in [-0.4, -0.2) is 26.0 Å². The number of hydrogen-bond acceptors (Lipinski definition) is 4. The van der Waals surface area contributed by atoms with Crippen LogP contribution in [0.15, 0.2) is 52.1 Å². The zero-order valence-electron chi connectivity index (χ0n) is 17.7. The molecule has 2 aromatic carbocycles. The van der Waals surface area contributed by atoms with Crippen molar-refractivity contribution in [2.45, 2.75) is 32.9 Å². The van der Waals surface area contributed by atoms with Gasteiger partial charge in [-0.1, -0.05) is 47.4 Å². The number of oxime groups is 1. The van der Waals surface area contributed by atoms with Gasteiger partial charge in [0.15, 0.2) is 0 Å². The Balaban J connectivity index is 1.78. The van der Waals surface area contributed by atoms with Gasteiger partial charge in [-0.25, -0.2) is 0 Å². The van der Waals surface area contributed by atoms with Gasteiger partial charge in [0.1, 0.15) is 29.2 Å². The smallest absolute Gasteiger partial charge is 0.416 e. The van der Waals surface area contributed by atoms with Crippen molar-refractivity contribution in [3.63, 3.8) is 0 Å². The van der Waals surface area contributed by atoms with Crippen molar-refractivity contribution in [3.8, 4) is 11.5 Å². The first-order valence-corrected chi connectivity index (χ1v) is 10.7. The third kappa shape index (κ3) is 8.63. The summed E-state index contributed by atoms with van der Waals surface area (Å²) in [6.07, 6.45) is -0.0663. The fourth-order valence-electron chi connectivity index (χ4n) is 2.77. The van der Waals surface area contributed by atoms with Crippen LogP contribution in [0.2, 0.25) is 0 Å². The summed E-state index contributed by atoms with van der Waals surface area (Å²) in [7, 11) is 0. The van der Waals surface area contributed by atoms with Gasteiger partial charge < -0.3 is 14.3 Å². The number of hydrogen-bond donors (Lipinski definition) is 0. The van der Waals surface area contributed by atoms with E-state index in [0.717, 1.165) is 35.4 Å². The van der Waals surface area contributed by atoms with E-state index in [1.54, 1.807) is 6.08 Å². The van der Waals surface area contributed by atoms with Crippen molar-refractivity contribution in [1.82, 2.24) is 0 Å². The first-order valence-electron chi connectivity index (χ1n) is 9.93. The molecule has 0 unspecified atom stereocenters. The highest BCUT2D eigenvalue weighted by molar-refractivity contribution is 6.55. The lowest BCUT2D eigenvalue weighted by Crippen LogP contribution is -2.05. The largest absolute Gasteiger partial charge is 0.493 e. The average Bonchev–Trinajstić information content (AvgIpc) is 2.73. The van der Waals surface area contributed by atoms with E-state index in [1.807, 2.05) is 26.0 Å². The number of ether oxygens (including phenoxy) is 2. The highest BCUT2D eigenvalue weighted by Gasteiger charge is 2.29. The van der Waals surface area contributed by atoms with Gasteiger partial charge in [0.05, 0.1) is 18.4 Å². The fourth-order valence-corrected chi connectivity index (χ4v) is 2.90. The molecule has 0 saturated carbocycles. The molecule has 0 aliphatic rings. The second kappa shape index (κ2) is 12.6. The van der Waals surface area contributed by atoms with Crippen LogP contribution in [0.25, 0.3) is 0 Å². The van der Waals surface area contributed by atoms with Crippen molar-refractivity contribution >= 4 is 29.4 Å². The van der Waals surface area contributed by atoms with E-state index in [1.165, 1.54) is 18.3 Å². The van der Waals surface area contributed by atoms with E-state index in [0.29, 0.717) is 30.9 Å². The molecule has 9 heteroatoms. The van der Waals surface area contributed by atoms with Gasteiger partial charge in [0.25, 0.3) is 0 Å². The SMILES string of the molecule is CCc1cc(OCC=C(Cl)Cl)cc(C)c1OCCCON=Cc1ccc(C(F)(F)F)cc1. The van der Waals surface area contributed by atoms with E-state index in [9.17, 15) is 13.2 Å². The quantitative estimate of drug-likeness (QED) is 0.192. The van der Waals surface area contributed by atoms with Crippen LogP contribution in [0.5, 0.6) is 11.5 Å². The zero-order valence-corrected chi connectivity index (χ0v) is 19.2. The Hall–Kier alpha value is -2.38. The van der Waals surface area contributed by atoms with E-state index < -0.39 is 11.7 Å². The first kappa shape index (κ1) is 25.9. The summed E-state index contributed by atoms with van der Waals surface area (Å²) in [4.78, 5) is 5.16. The van der Waals surface area contributed by atoms with Crippen LogP contribution in [0.4, 0.5) is 13.2 Å². The molecule has 0 N–H and O–H groups in total. The summed E-state index contributed by atoms with van der Waals surface area (Å²) in [5, 5.41) is 3.78. The van der Waals surface area contributed by atoms with Crippen molar-refractivity contribution < 1.29 is 27.5 Å². The molecular weight excluding hydrogens is 466 g/mol. The molecule has 0 aromatic heterocycles. The lowest BCUT2D eigenvalue weighted by Gasteiger charge is -2.15. The zero-order chi connectivity index (χ0) is 23.6. The summed E-state index contributed by atoms with van der Waals surface area (Å²) >= 11 is 11.2. The Morgan fingerprint density at radius 2 is 1.78 bits per heavy atom. The van der Waals surface area contributed by atoms with Gasteiger partial charge in [-0.2, -0.15) is 13.2 Å². The number of nitrogens with zero attached hydrogens (tertiary/aromatic N) is 1. The van der Waals surface area contributed by atoms with Gasteiger partial charge in [0.2, 0.25) is 0 Å². The van der Waals surface area contributed by atoms with E-state index in [2.05, 4.69) is 5.16 Å². The van der Waals surface area contributed by atoms with Crippen LogP contribution in [0, 0.1) is 6.92 Å². The Labute approximate surface area is 195 Å². The van der Waals surface area contributed by atoms with Crippen molar-refractivity contribution in [3.05, 3.63) is 69.2 Å². The number of benzene rings is 2. The molecule has 0 amide bonds.